The smallest absolute Gasteiger partial charge is 0.232 e. The molecule has 0 amide bonds. The van der Waals surface area contributed by atoms with Gasteiger partial charge in [0.1, 0.15) is 29.6 Å². The van der Waals surface area contributed by atoms with Crippen molar-refractivity contribution in [2.45, 2.75) is 35.3 Å². The van der Waals surface area contributed by atoms with Crippen molar-refractivity contribution in [3.05, 3.63) is 53.2 Å². The van der Waals surface area contributed by atoms with Gasteiger partial charge in [-0.3, -0.25) is 4.99 Å². The number of nitrogens with two attached hydrogens (primary N) is 1. The van der Waals surface area contributed by atoms with Crippen molar-refractivity contribution in [3.8, 4) is 5.88 Å². The van der Waals surface area contributed by atoms with Crippen molar-refractivity contribution < 1.29 is 31.1 Å². The topological polar surface area (TPSA) is 117 Å². The molecule has 3 aliphatic rings. The van der Waals surface area contributed by atoms with Crippen LogP contribution in [0.3, 0.4) is 0 Å². The van der Waals surface area contributed by atoms with Crippen molar-refractivity contribution in [3.63, 3.8) is 0 Å². The maximum absolute atomic E-state index is 15.0. The number of hydrogen-bond acceptors (Lipinski definition) is 8. The minimum absolute atomic E-state index is 0.0237. The molecule has 3 aliphatic heterocycles. The lowest BCUT2D eigenvalue weighted by molar-refractivity contribution is -0.0514. The van der Waals surface area contributed by atoms with Gasteiger partial charge in [0, 0.05) is 11.5 Å². The molecule has 0 saturated carbocycles. The zero-order chi connectivity index (χ0) is 25.7. The first-order chi connectivity index (χ1) is 17.1. The summed E-state index contributed by atoms with van der Waals surface area (Å²) in [6.45, 7) is 1.96. The number of aliphatic imine (C=N–C) groups is 1. The molecular formula is C24H25F3N4O4S. The predicted octanol–water partition coefficient (Wildman–Crippen LogP) is 2.98. The molecule has 12 heteroatoms. The summed E-state index contributed by atoms with van der Waals surface area (Å²) in [5.74, 6) is -1.27. The second kappa shape index (κ2) is 8.84. The number of nitrogens with zero attached hydrogens (tertiary/aromatic N) is 3. The van der Waals surface area contributed by atoms with Crippen molar-refractivity contribution in [1.29, 1.82) is 0 Å². The van der Waals surface area contributed by atoms with E-state index >= 15 is 4.39 Å². The van der Waals surface area contributed by atoms with Gasteiger partial charge in [-0.15, -0.1) is 0 Å². The summed E-state index contributed by atoms with van der Waals surface area (Å²) in [5.41, 5.74) is 4.50. The summed E-state index contributed by atoms with van der Waals surface area (Å²) < 4.78 is 78.9. The van der Waals surface area contributed by atoms with Gasteiger partial charge in [0.05, 0.1) is 37.5 Å². The molecule has 2 aromatic rings. The summed E-state index contributed by atoms with van der Waals surface area (Å²) in [4.78, 5) is 12.4. The molecule has 3 atom stereocenters. The highest BCUT2D eigenvalue weighted by atomic mass is 32.2. The molecule has 0 radical (unpaired) electrons. The van der Waals surface area contributed by atoms with Crippen LogP contribution in [0.15, 0.2) is 35.6 Å². The van der Waals surface area contributed by atoms with E-state index in [0.29, 0.717) is 25.7 Å². The third kappa shape index (κ3) is 3.78. The Balaban J connectivity index is 1.43. The third-order valence-corrected chi connectivity index (χ3v) is 10.3. The maximum Gasteiger partial charge on any atom is 0.232 e. The molecule has 1 aromatic heterocycles. The van der Waals surface area contributed by atoms with E-state index < -0.39 is 43.7 Å². The Kier molecular flexibility index (Phi) is 6.06. The number of fused-ring (bicyclic) bond motifs is 2. The van der Waals surface area contributed by atoms with Crippen molar-refractivity contribution in [1.82, 2.24) is 9.97 Å². The molecule has 192 valence electrons. The van der Waals surface area contributed by atoms with Crippen molar-refractivity contribution >= 4 is 27.6 Å². The lowest BCUT2D eigenvalue weighted by Gasteiger charge is -2.39. The van der Waals surface area contributed by atoms with E-state index in [9.17, 15) is 17.2 Å². The van der Waals surface area contributed by atoms with Crippen LogP contribution in [0, 0.1) is 11.7 Å². The summed E-state index contributed by atoms with van der Waals surface area (Å²) in [6.07, 6.45) is 3.72. The number of aromatic nitrogens is 2. The number of ether oxygens (including phenoxy) is 2. The fourth-order valence-corrected chi connectivity index (χ4v) is 7.65. The normalized spacial score (nSPS) is 29.5. The molecule has 1 aromatic carbocycles. The highest BCUT2D eigenvalue weighted by Crippen LogP contribution is 2.52. The van der Waals surface area contributed by atoms with Gasteiger partial charge >= 0.3 is 0 Å². The minimum atomic E-state index is -4.08. The lowest BCUT2D eigenvalue weighted by atomic mass is 9.86. The van der Waals surface area contributed by atoms with Crippen molar-refractivity contribution in [2.75, 3.05) is 26.5 Å². The molecule has 2 fully saturated rings. The zero-order valence-corrected chi connectivity index (χ0v) is 20.3. The van der Waals surface area contributed by atoms with Gasteiger partial charge in [-0.1, -0.05) is 6.07 Å². The fourth-order valence-electron chi connectivity index (χ4n) is 5.00. The Hall–Kier alpha value is -2.99. The number of halogens is 3. The highest BCUT2D eigenvalue weighted by molar-refractivity contribution is 7.94. The molecule has 2 N–H and O–H groups in total. The van der Waals surface area contributed by atoms with E-state index in [-0.39, 0.29) is 41.4 Å². The Morgan fingerprint density at radius 3 is 2.72 bits per heavy atom. The molecule has 0 spiro atoms. The zero-order valence-electron chi connectivity index (χ0n) is 19.5. The fraction of sp³-hybridized carbons (Fsp3) is 0.458. The van der Waals surface area contributed by atoms with Gasteiger partial charge in [0.2, 0.25) is 5.88 Å². The van der Waals surface area contributed by atoms with Crippen LogP contribution in [0.4, 0.5) is 13.2 Å². The number of alkyl halides is 1. The number of benzene rings is 1. The van der Waals surface area contributed by atoms with Gasteiger partial charge in [0.15, 0.2) is 20.4 Å². The first-order valence-corrected chi connectivity index (χ1v) is 13.0. The molecular weight excluding hydrogens is 497 g/mol. The van der Waals surface area contributed by atoms with Gasteiger partial charge in [-0.2, -0.15) is 0 Å². The number of amidine groups is 1. The second-order valence-electron chi connectivity index (χ2n) is 9.53. The Labute approximate surface area is 206 Å². The van der Waals surface area contributed by atoms with Gasteiger partial charge in [0.25, 0.3) is 0 Å². The molecule has 8 nitrogen and oxygen atoms in total. The van der Waals surface area contributed by atoms with E-state index in [1.165, 1.54) is 31.5 Å². The van der Waals surface area contributed by atoms with Crippen molar-refractivity contribution in [2.24, 2.45) is 16.6 Å². The largest absolute Gasteiger partial charge is 0.476 e. The molecule has 2 saturated heterocycles. The number of hydrogen-bond donors (Lipinski definition) is 1. The van der Waals surface area contributed by atoms with E-state index in [0.717, 1.165) is 12.1 Å². The van der Waals surface area contributed by atoms with Gasteiger partial charge in [-0.25, -0.2) is 31.6 Å². The number of rotatable bonds is 7. The van der Waals surface area contributed by atoms with Crippen LogP contribution in [-0.2, 0) is 20.1 Å². The first-order valence-electron chi connectivity index (χ1n) is 11.5. The molecule has 0 unspecified atom stereocenters. The second-order valence-corrected chi connectivity index (χ2v) is 12.0. The average molecular weight is 523 g/mol. The average Bonchev–Trinajstić information content (AvgIpc) is 3.03. The minimum Gasteiger partial charge on any atom is -0.476 e. The Morgan fingerprint density at radius 1 is 1.31 bits per heavy atom. The number of sulfone groups is 1. The van der Waals surface area contributed by atoms with Gasteiger partial charge < -0.3 is 15.2 Å². The maximum atomic E-state index is 15.0. The van der Waals surface area contributed by atoms with E-state index in [2.05, 4.69) is 15.0 Å². The third-order valence-electron chi connectivity index (χ3n) is 7.27. The lowest BCUT2D eigenvalue weighted by Crippen LogP contribution is -2.58. The van der Waals surface area contributed by atoms with Gasteiger partial charge in [-0.05, 0) is 43.5 Å². The van der Waals surface area contributed by atoms with E-state index in [1.54, 1.807) is 0 Å². The van der Waals surface area contributed by atoms with Crippen LogP contribution >= 0.6 is 0 Å². The predicted molar refractivity (Wildman–Crippen MR) is 127 cm³/mol. The Bertz CT molecular complexity index is 1350. The van der Waals surface area contributed by atoms with Crippen LogP contribution in [0.25, 0.3) is 11.9 Å². The van der Waals surface area contributed by atoms with Crippen LogP contribution in [0.5, 0.6) is 5.88 Å². The SMILES string of the molecule is C[C@]1(c2cc(/C=C(\F)c3cnc(OCC4COC4)cn3)ccc2F)N=C(N)[C@@]2(CF)CC[C@@H]1S2(=O)=O. The van der Waals surface area contributed by atoms with Crippen LogP contribution < -0.4 is 10.5 Å². The van der Waals surface area contributed by atoms with E-state index in [4.69, 9.17) is 15.2 Å². The first kappa shape index (κ1) is 24.7. The summed E-state index contributed by atoms with van der Waals surface area (Å²) in [5, 5.41) is -1.16. The molecule has 36 heavy (non-hydrogen) atoms. The standard InChI is InChI=1S/C24H25F3N4O4S/c1-23(20-4-5-24(13-25,22(28)31-23)36(20,32)33)16-6-14(2-3-17(16)26)7-18(27)19-8-30-21(9-29-19)35-12-15-10-34-11-15/h2-3,6-9,15,20H,4-5,10-13H2,1H3,(H2,28,31)/b18-7-/t20-,23+,24-/m0/s1. The summed E-state index contributed by atoms with van der Waals surface area (Å²) >= 11 is 0. The van der Waals surface area contributed by atoms with Crippen LogP contribution in [0.2, 0.25) is 0 Å². The molecule has 4 heterocycles. The van der Waals surface area contributed by atoms with E-state index in [1.807, 2.05) is 0 Å². The molecule has 5 rings (SSSR count). The monoisotopic (exact) mass is 522 g/mol. The van der Waals surface area contributed by atoms with Crippen LogP contribution in [0.1, 0.15) is 36.6 Å². The van der Waals surface area contributed by atoms with Crippen LogP contribution in [-0.4, -0.2) is 60.7 Å². The summed E-state index contributed by atoms with van der Waals surface area (Å²) in [7, 11) is -4.08. The highest BCUT2D eigenvalue weighted by Gasteiger charge is 2.65. The summed E-state index contributed by atoms with van der Waals surface area (Å²) in [6, 6.07) is 3.78. The Morgan fingerprint density at radius 2 is 2.08 bits per heavy atom. The molecule has 0 aliphatic carbocycles. The molecule has 2 bridgehead atoms. The quantitative estimate of drug-likeness (QED) is 0.594.